The van der Waals surface area contributed by atoms with Gasteiger partial charge in [0, 0.05) is 13.1 Å². The van der Waals surface area contributed by atoms with Crippen molar-refractivity contribution in [2.75, 3.05) is 26.2 Å². The fourth-order valence-corrected chi connectivity index (χ4v) is 2.57. The first-order valence-electron chi connectivity index (χ1n) is 7.21. The highest BCUT2D eigenvalue weighted by Crippen LogP contribution is 2.29. The highest BCUT2D eigenvalue weighted by atomic mass is 16.5. The van der Waals surface area contributed by atoms with E-state index in [4.69, 9.17) is 4.74 Å². The van der Waals surface area contributed by atoms with Crippen molar-refractivity contribution in [1.29, 1.82) is 0 Å². The number of hydrogen-bond acceptors (Lipinski definition) is 3. The molecule has 0 amide bonds. The maximum absolute atomic E-state index is 11.2. The molecule has 1 heterocycles. The van der Waals surface area contributed by atoms with Crippen LogP contribution in [0.4, 0.5) is 0 Å². The van der Waals surface area contributed by atoms with E-state index < -0.39 is 11.4 Å². The predicted octanol–water partition coefficient (Wildman–Crippen LogP) is 2.42. The number of rotatable bonds is 6. The van der Waals surface area contributed by atoms with Crippen LogP contribution in [0.15, 0.2) is 24.3 Å². The summed E-state index contributed by atoms with van der Waals surface area (Å²) in [7, 11) is 0. The number of carboxylic acid groups (broad SMARTS) is 1. The molecule has 1 N–H and O–H groups in total. The lowest BCUT2D eigenvalue weighted by atomic mass is 9.90. The fourth-order valence-electron chi connectivity index (χ4n) is 2.57. The molecule has 0 bridgehead atoms. The molecule has 20 heavy (non-hydrogen) atoms. The van der Waals surface area contributed by atoms with Gasteiger partial charge in [-0.25, -0.2) is 0 Å². The van der Waals surface area contributed by atoms with Gasteiger partial charge in [-0.2, -0.15) is 0 Å². The summed E-state index contributed by atoms with van der Waals surface area (Å²) in [6.45, 7) is 6.76. The summed E-state index contributed by atoms with van der Waals surface area (Å²) in [6.07, 6.45) is 1.72. The third-order valence-corrected chi connectivity index (χ3v) is 4.05. The van der Waals surface area contributed by atoms with E-state index in [-0.39, 0.29) is 0 Å². The van der Waals surface area contributed by atoms with Crippen molar-refractivity contribution >= 4 is 5.97 Å². The molecule has 1 aromatic rings. The van der Waals surface area contributed by atoms with Gasteiger partial charge in [-0.05, 0) is 44.0 Å². The van der Waals surface area contributed by atoms with Crippen molar-refractivity contribution in [3.63, 3.8) is 0 Å². The van der Waals surface area contributed by atoms with E-state index in [1.54, 1.807) is 0 Å². The SMILES string of the molecule is CCc1cccc(OCCN2CCC(C)(C(=O)O)C2)c1. The molecule has 0 spiro atoms. The maximum Gasteiger partial charge on any atom is 0.310 e. The van der Waals surface area contributed by atoms with Crippen LogP contribution in [-0.4, -0.2) is 42.2 Å². The monoisotopic (exact) mass is 277 g/mol. The van der Waals surface area contributed by atoms with Gasteiger partial charge >= 0.3 is 5.97 Å². The Morgan fingerprint density at radius 2 is 2.30 bits per heavy atom. The van der Waals surface area contributed by atoms with Crippen molar-refractivity contribution in [1.82, 2.24) is 4.90 Å². The zero-order chi connectivity index (χ0) is 14.6. The Morgan fingerprint density at radius 3 is 2.95 bits per heavy atom. The van der Waals surface area contributed by atoms with Crippen LogP contribution in [0.25, 0.3) is 0 Å². The molecule has 1 unspecified atom stereocenters. The van der Waals surface area contributed by atoms with E-state index in [1.807, 2.05) is 19.1 Å². The van der Waals surface area contributed by atoms with Crippen molar-refractivity contribution in [2.45, 2.75) is 26.7 Å². The minimum absolute atomic E-state index is 0.595. The van der Waals surface area contributed by atoms with Crippen molar-refractivity contribution in [3.05, 3.63) is 29.8 Å². The molecule has 1 saturated heterocycles. The average Bonchev–Trinajstić information content (AvgIpc) is 2.82. The number of benzene rings is 1. The Hall–Kier alpha value is -1.55. The summed E-state index contributed by atoms with van der Waals surface area (Å²) < 4.78 is 5.75. The van der Waals surface area contributed by atoms with Gasteiger partial charge in [0.2, 0.25) is 0 Å². The molecule has 0 aromatic heterocycles. The van der Waals surface area contributed by atoms with E-state index >= 15 is 0 Å². The Labute approximate surface area is 120 Å². The average molecular weight is 277 g/mol. The molecule has 110 valence electrons. The number of ether oxygens (including phenoxy) is 1. The molecular weight excluding hydrogens is 254 g/mol. The summed E-state index contributed by atoms with van der Waals surface area (Å²) in [5, 5.41) is 9.19. The van der Waals surface area contributed by atoms with Crippen molar-refractivity contribution in [2.24, 2.45) is 5.41 Å². The largest absolute Gasteiger partial charge is 0.492 e. The van der Waals surface area contributed by atoms with E-state index in [0.717, 1.165) is 25.3 Å². The number of carbonyl (C=O) groups is 1. The smallest absolute Gasteiger partial charge is 0.310 e. The molecule has 4 heteroatoms. The molecular formula is C16H23NO3. The van der Waals surface area contributed by atoms with Crippen molar-refractivity contribution < 1.29 is 14.6 Å². The van der Waals surface area contributed by atoms with Gasteiger partial charge in [0.1, 0.15) is 12.4 Å². The Kier molecular flexibility index (Phi) is 4.65. The zero-order valence-electron chi connectivity index (χ0n) is 12.3. The second kappa shape index (κ2) is 6.27. The third-order valence-electron chi connectivity index (χ3n) is 4.05. The molecule has 0 saturated carbocycles. The summed E-state index contributed by atoms with van der Waals surface area (Å²) in [5.74, 6) is 0.195. The minimum atomic E-state index is -0.698. The first-order valence-corrected chi connectivity index (χ1v) is 7.21. The first kappa shape index (κ1) is 14.9. The van der Waals surface area contributed by atoms with E-state index in [9.17, 15) is 9.90 Å². The summed E-state index contributed by atoms with van der Waals surface area (Å²) in [5.41, 5.74) is 0.671. The molecule has 1 aromatic carbocycles. The molecule has 1 aliphatic heterocycles. The van der Waals surface area contributed by atoms with Crippen LogP contribution in [0.1, 0.15) is 25.8 Å². The summed E-state index contributed by atoms with van der Waals surface area (Å²) >= 11 is 0. The topological polar surface area (TPSA) is 49.8 Å². The Balaban J connectivity index is 1.78. The van der Waals surface area contributed by atoms with Gasteiger partial charge in [0.15, 0.2) is 0 Å². The third kappa shape index (κ3) is 3.51. The second-order valence-corrected chi connectivity index (χ2v) is 5.74. The summed E-state index contributed by atoms with van der Waals surface area (Å²) in [4.78, 5) is 13.3. The number of hydrogen-bond donors (Lipinski definition) is 1. The van der Waals surface area contributed by atoms with E-state index in [1.165, 1.54) is 5.56 Å². The molecule has 0 aliphatic carbocycles. The lowest BCUT2D eigenvalue weighted by molar-refractivity contribution is -0.147. The molecule has 2 rings (SSSR count). The normalized spacial score (nSPS) is 22.9. The van der Waals surface area contributed by atoms with Gasteiger partial charge in [-0.3, -0.25) is 9.69 Å². The van der Waals surface area contributed by atoms with Gasteiger partial charge in [-0.1, -0.05) is 19.1 Å². The van der Waals surface area contributed by atoms with Gasteiger partial charge in [-0.15, -0.1) is 0 Å². The number of carboxylic acids is 1. The van der Waals surface area contributed by atoms with Gasteiger partial charge in [0.25, 0.3) is 0 Å². The number of likely N-dealkylation sites (tertiary alicyclic amines) is 1. The Morgan fingerprint density at radius 1 is 1.50 bits per heavy atom. The second-order valence-electron chi connectivity index (χ2n) is 5.74. The van der Waals surface area contributed by atoms with Crippen LogP contribution in [0.3, 0.4) is 0 Å². The number of aryl methyl sites for hydroxylation is 1. The van der Waals surface area contributed by atoms with E-state index in [2.05, 4.69) is 24.0 Å². The standard InChI is InChI=1S/C16H23NO3/c1-3-13-5-4-6-14(11-13)20-10-9-17-8-7-16(2,12-17)15(18)19/h4-6,11H,3,7-10,12H2,1-2H3,(H,18,19). The quantitative estimate of drug-likeness (QED) is 0.867. The maximum atomic E-state index is 11.2. The lowest BCUT2D eigenvalue weighted by Crippen LogP contribution is -2.33. The number of aliphatic carboxylic acids is 1. The van der Waals surface area contributed by atoms with Gasteiger partial charge in [0.05, 0.1) is 5.41 Å². The molecule has 1 atom stereocenters. The van der Waals surface area contributed by atoms with E-state index in [0.29, 0.717) is 19.6 Å². The molecule has 1 fully saturated rings. The van der Waals surface area contributed by atoms with Crippen LogP contribution in [-0.2, 0) is 11.2 Å². The van der Waals surface area contributed by atoms with Crippen LogP contribution in [0.5, 0.6) is 5.75 Å². The molecule has 0 radical (unpaired) electrons. The van der Waals surface area contributed by atoms with Gasteiger partial charge < -0.3 is 9.84 Å². The molecule has 1 aliphatic rings. The summed E-state index contributed by atoms with van der Waals surface area (Å²) in [6, 6.07) is 8.12. The van der Waals surface area contributed by atoms with Crippen LogP contribution in [0.2, 0.25) is 0 Å². The van der Waals surface area contributed by atoms with Crippen LogP contribution in [0, 0.1) is 5.41 Å². The van der Waals surface area contributed by atoms with Crippen molar-refractivity contribution in [3.8, 4) is 5.75 Å². The first-order chi connectivity index (χ1) is 9.53. The number of nitrogens with zero attached hydrogens (tertiary/aromatic N) is 1. The minimum Gasteiger partial charge on any atom is -0.492 e. The zero-order valence-corrected chi connectivity index (χ0v) is 12.3. The fraction of sp³-hybridized carbons (Fsp3) is 0.562. The molecule has 4 nitrogen and oxygen atoms in total. The predicted molar refractivity (Wildman–Crippen MR) is 78.1 cm³/mol. The highest BCUT2D eigenvalue weighted by Gasteiger charge is 2.40. The highest BCUT2D eigenvalue weighted by molar-refractivity contribution is 5.74. The van der Waals surface area contributed by atoms with Crippen LogP contribution < -0.4 is 4.74 Å². The lowest BCUT2D eigenvalue weighted by Gasteiger charge is -2.20. The Bertz CT molecular complexity index is 475. The van der Waals surface area contributed by atoms with Crippen LogP contribution >= 0.6 is 0 Å².